The zero-order chi connectivity index (χ0) is 22.0. The van der Waals surface area contributed by atoms with Crippen molar-refractivity contribution >= 4 is 0 Å². The first-order valence-electron chi connectivity index (χ1n) is 10.8. The Labute approximate surface area is 185 Å². The number of hydrogen-bond donors (Lipinski definition) is 1. The van der Waals surface area contributed by atoms with E-state index < -0.39 is 0 Å². The highest BCUT2D eigenvalue weighted by molar-refractivity contribution is 5.80. The molecule has 3 aromatic rings. The van der Waals surface area contributed by atoms with Crippen LogP contribution >= 0.6 is 0 Å². The van der Waals surface area contributed by atoms with Gasteiger partial charge in [-0.05, 0) is 73.7 Å². The normalized spacial score (nSPS) is 16.5. The Hall–Kier alpha value is -2.98. The molecule has 0 fully saturated rings. The fourth-order valence-corrected chi connectivity index (χ4v) is 4.61. The summed E-state index contributed by atoms with van der Waals surface area (Å²) in [5, 5.41) is 11.2. The summed E-state index contributed by atoms with van der Waals surface area (Å²) in [5.74, 6) is 1.49. The predicted molar refractivity (Wildman–Crippen MR) is 125 cm³/mol. The van der Waals surface area contributed by atoms with E-state index in [0.29, 0.717) is 11.8 Å². The Morgan fingerprint density at radius 3 is 2.55 bits per heavy atom. The zero-order valence-electron chi connectivity index (χ0n) is 18.8. The highest BCUT2D eigenvalue weighted by atomic mass is 16.5. The summed E-state index contributed by atoms with van der Waals surface area (Å²) >= 11 is 0. The van der Waals surface area contributed by atoms with Crippen LogP contribution in [0.25, 0.3) is 11.1 Å². The number of fused-ring (bicyclic) bond motifs is 3. The summed E-state index contributed by atoms with van der Waals surface area (Å²) in [4.78, 5) is 2.45. The second-order valence-corrected chi connectivity index (χ2v) is 8.46. The molecule has 0 spiro atoms. The lowest BCUT2D eigenvalue weighted by atomic mass is 9.89. The molecule has 1 atom stereocenters. The number of likely N-dealkylation sites (N-methyl/N-ethyl adjacent to an activating group) is 1. The molecule has 0 saturated carbocycles. The average molecular weight is 418 g/mol. The van der Waals surface area contributed by atoms with Gasteiger partial charge >= 0.3 is 0 Å². The van der Waals surface area contributed by atoms with E-state index in [-0.39, 0.29) is 5.75 Å². The quantitative estimate of drug-likeness (QED) is 0.647. The number of benzene rings is 3. The largest absolute Gasteiger partial charge is 0.504 e. The predicted octanol–water partition coefficient (Wildman–Crippen LogP) is 5.03. The second kappa shape index (κ2) is 9.03. The molecule has 0 bridgehead atoms. The molecule has 0 saturated heterocycles. The molecule has 1 N–H and O–H groups in total. The van der Waals surface area contributed by atoms with E-state index in [9.17, 15) is 5.11 Å². The maximum Gasteiger partial charge on any atom is 0.165 e. The Bertz CT molecular complexity index is 1080. The molecule has 4 nitrogen and oxygen atoms in total. The molecule has 4 heteroatoms. The van der Waals surface area contributed by atoms with Gasteiger partial charge < -0.3 is 19.5 Å². The van der Waals surface area contributed by atoms with E-state index in [1.54, 1.807) is 14.2 Å². The van der Waals surface area contributed by atoms with Gasteiger partial charge in [0.05, 0.1) is 14.2 Å². The van der Waals surface area contributed by atoms with Crippen LogP contribution in [0.4, 0.5) is 0 Å². The van der Waals surface area contributed by atoms with Gasteiger partial charge in [-0.25, -0.2) is 0 Å². The maximum atomic E-state index is 11.2. The van der Waals surface area contributed by atoms with E-state index in [4.69, 9.17) is 9.47 Å². The minimum atomic E-state index is 0.202. The summed E-state index contributed by atoms with van der Waals surface area (Å²) in [6, 6.07) is 19.2. The van der Waals surface area contributed by atoms with Crippen LogP contribution in [0.5, 0.6) is 17.2 Å². The van der Waals surface area contributed by atoms with Gasteiger partial charge in [-0.2, -0.15) is 0 Å². The van der Waals surface area contributed by atoms with Crippen molar-refractivity contribution < 1.29 is 14.6 Å². The van der Waals surface area contributed by atoms with Crippen molar-refractivity contribution in [3.8, 4) is 28.4 Å². The first kappa shape index (κ1) is 21.3. The standard InChI is InChI=1S/C27H31NO3/c1-18-6-5-7-19(14-18)15-22-16-21-9-11-25(31-4)27(29)26(21)24-17-23(30-3)10-8-20(24)12-13-28(22)2/h5-11,14,17,22,29H,12-13,15-16H2,1-4H3. The summed E-state index contributed by atoms with van der Waals surface area (Å²) in [6.45, 7) is 3.09. The fraction of sp³-hybridized carbons (Fsp3) is 0.333. The van der Waals surface area contributed by atoms with Gasteiger partial charge in [-0.3, -0.25) is 0 Å². The summed E-state index contributed by atoms with van der Waals surface area (Å²) in [6.07, 6.45) is 2.70. The number of rotatable bonds is 4. The van der Waals surface area contributed by atoms with E-state index >= 15 is 0 Å². The van der Waals surface area contributed by atoms with Gasteiger partial charge in [-0.15, -0.1) is 0 Å². The number of phenols is 1. The van der Waals surface area contributed by atoms with Crippen LogP contribution in [0.2, 0.25) is 0 Å². The Balaban J connectivity index is 1.83. The minimum Gasteiger partial charge on any atom is -0.504 e. The highest BCUT2D eigenvalue weighted by Gasteiger charge is 2.25. The molecule has 1 aliphatic rings. The topological polar surface area (TPSA) is 41.9 Å². The van der Waals surface area contributed by atoms with Crippen molar-refractivity contribution in [2.24, 2.45) is 0 Å². The zero-order valence-corrected chi connectivity index (χ0v) is 18.8. The number of aryl methyl sites for hydroxylation is 1. The highest BCUT2D eigenvalue weighted by Crippen LogP contribution is 2.43. The van der Waals surface area contributed by atoms with Crippen LogP contribution in [0, 0.1) is 6.92 Å². The second-order valence-electron chi connectivity index (χ2n) is 8.46. The van der Waals surface area contributed by atoms with E-state index in [0.717, 1.165) is 48.2 Å². The van der Waals surface area contributed by atoms with Gasteiger partial charge in [-0.1, -0.05) is 42.0 Å². The van der Waals surface area contributed by atoms with E-state index in [1.807, 2.05) is 18.2 Å². The van der Waals surface area contributed by atoms with Gasteiger partial charge in [0.15, 0.2) is 11.5 Å². The average Bonchev–Trinajstić information content (AvgIpc) is 2.82. The van der Waals surface area contributed by atoms with Crippen LogP contribution in [0.1, 0.15) is 22.3 Å². The Morgan fingerprint density at radius 2 is 1.81 bits per heavy atom. The lowest BCUT2D eigenvalue weighted by Crippen LogP contribution is -2.36. The van der Waals surface area contributed by atoms with Gasteiger partial charge in [0, 0.05) is 18.2 Å². The van der Waals surface area contributed by atoms with E-state index in [1.165, 1.54) is 16.7 Å². The lowest BCUT2D eigenvalue weighted by molar-refractivity contribution is 0.242. The van der Waals surface area contributed by atoms with Crippen LogP contribution in [0.15, 0.2) is 54.6 Å². The molecule has 3 aromatic carbocycles. The maximum absolute atomic E-state index is 11.2. The van der Waals surface area contributed by atoms with Crippen LogP contribution in [-0.2, 0) is 19.3 Å². The summed E-state index contributed by atoms with van der Waals surface area (Å²) < 4.78 is 11.0. The summed E-state index contributed by atoms with van der Waals surface area (Å²) in [5.41, 5.74) is 6.83. The molecule has 1 heterocycles. The third-order valence-corrected chi connectivity index (χ3v) is 6.40. The van der Waals surface area contributed by atoms with Crippen molar-refractivity contribution in [2.75, 3.05) is 27.8 Å². The van der Waals surface area contributed by atoms with Crippen LogP contribution in [0.3, 0.4) is 0 Å². The first-order valence-corrected chi connectivity index (χ1v) is 10.8. The lowest BCUT2D eigenvalue weighted by Gasteiger charge is -2.28. The number of aromatic hydroxyl groups is 1. The van der Waals surface area contributed by atoms with Gasteiger partial charge in [0.25, 0.3) is 0 Å². The molecular formula is C27H31NO3. The molecule has 0 aromatic heterocycles. The molecular weight excluding hydrogens is 386 g/mol. The number of hydrogen-bond acceptors (Lipinski definition) is 4. The number of phenolic OH excluding ortho intramolecular Hbond substituents is 1. The van der Waals surface area contributed by atoms with Crippen LogP contribution in [-0.4, -0.2) is 43.9 Å². The monoisotopic (exact) mass is 417 g/mol. The van der Waals surface area contributed by atoms with Crippen molar-refractivity contribution in [1.82, 2.24) is 4.90 Å². The Morgan fingerprint density at radius 1 is 1.00 bits per heavy atom. The smallest absolute Gasteiger partial charge is 0.165 e. The van der Waals surface area contributed by atoms with Gasteiger partial charge in [0.2, 0.25) is 0 Å². The number of ether oxygens (including phenoxy) is 2. The molecule has 1 aliphatic heterocycles. The van der Waals surface area contributed by atoms with Crippen molar-refractivity contribution in [3.63, 3.8) is 0 Å². The van der Waals surface area contributed by atoms with Crippen molar-refractivity contribution in [3.05, 3.63) is 76.9 Å². The van der Waals surface area contributed by atoms with Crippen molar-refractivity contribution in [2.45, 2.75) is 32.2 Å². The van der Waals surface area contributed by atoms with Crippen LogP contribution < -0.4 is 9.47 Å². The molecule has 1 unspecified atom stereocenters. The summed E-state index contributed by atoms with van der Waals surface area (Å²) in [7, 11) is 5.48. The SMILES string of the molecule is COc1ccc2c(c1)-c1c(ccc(OC)c1O)CC(Cc1cccc(C)c1)N(C)CC2. The van der Waals surface area contributed by atoms with Crippen molar-refractivity contribution in [1.29, 1.82) is 0 Å². The minimum absolute atomic E-state index is 0.202. The molecule has 31 heavy (non-hydrogen) atoms. The third kappa shape index (κ3) is 4.40. The fourth-order valence-electron chi connectivity index (χ4n) is 4.61. The number of nitrogens with zero attached hydrogens (tertiary/aromatic N) is 1. The molecule has 162 valence electrons. The first-order chi connectivity index (χ1) is 15.0. The van der Waals surface area contributed by atoms with Gasteiger partial charge in [0.1, 0.15) is 5.75 Å². The molecule has 0 aliphatic carbocycles. The third-order valence-electron chi connectivity index (χ3n) is 6.40. The number of methoxy groups -OCH3 is 2. The molecule has 4 rings (SSSR count). The molecule has 0 amide bonds. The Kier molecular flexibility index (Phi) is 6.19. The molecule has 0 radical (unpaired) electrons. The van der Waals surface area contributed by atoms with E-state index in [2.05, 4.69) is 55.3 Å².